The number of pyridine rings is 6. The molecule has 70 heavy (non-hydrogen) atoms. The number of hydrogen-bond acceptors (Lipinski definition) is 6. The Kier molecular flexibility index (Phi) is 8.28. The third kappa shape index (κ3) is 5.64. The lowest BCUT2D eigenvalue weighted by Gasteiger charge is -2.22. The molecule has 13 aromatic rings. The average molecular weight is 899 g/mol. The summed E-state index contributed by atoms with van der Waals surface area (Å²) in [5.41, 5.74) is 24.6. The summed E-state index contributed by atoms with van der Waals surface area (Å²) < 4.78 is 4.94. The van der Waals surface area contributed by atoms with E-state index in [0.717, 1.165) is 97.3 Å². The molecule has 2 aliphatic carbocycles. The van der Waals surface area contributed by atoms with Crippen LogP contribution in [0.2, 0.25) is 0 Å². The molecule has 0 fully saturated rings. The Morgan fingerprint density at radius 2 is 0.971 bits per heavy atom. The van der Waals surface area contributed by atoms with Gasteiger partial charge in [-0.05, 0) is 186 Å². The standard InChI is InChI=1S/C62H42N8/c1-35-17-23-63-33-57(35)69-53-15-13-39(45-29-41-7-3-19-65-59(41)61-43(45)9-5-21-67-61)25-49(53)51-27-37-11-12-38-28-52-50-26-40(46-30-42-8-4-20-66-60(42)62-44(46)10-6-22-68-62)14-16-54(50)70(58-34-64-24-18-36(58)2)56(52)32-48(38)47(37)31-55(51)69/h3-10,13,15,17-34H,11-12,14,16H2,1-2H3. The molecule has 0 aliphatic heterocycles. The number of nitrogens with zero attached hydrogens (tertiary/aromatic N) is 8. The molecule has 0 saturated carbocycles. The molecule has 5 aromatic carbocycles. The van der Waals surface area contributed by atoms with E-state index in [2.05, 4.69) is 125 Å². The van der Waals surface area contributed by atoms with Gasteiger partial charge in [0, 0.05) is 86.1 Å². The summed E-state index contributed by atoms with van der Waals surface area (Å²) in [5.74, 6) is 0. The van der Waals surface area contributed by atoms with Crippen molar-refractivity contribution in [3.05, 3.63) is 204 Å². The minimum atomic E-state index is 0.897. The lowest BCUT2D eigenvalue weighted by molar-refractivity contribution is 0.890. The smallest absolute Gasteiger partial charge is 0.0970 e. The second-order valence-corrected chi connectivity index (χ2v) is 19.1. The van der Waals surface area contributed by atoms with Gasteiger partial charge in [-0.1, -0.05) is 30.3 Å². The molecule has 0 unspecified atom stereocenters. The third-order valence-electron chi connectivity index (χ3n) is 15.3. The van der Waals surface area contributed by atoms with Crippen molar-refractivity contribution in [2.75, 3.05) is 0 Å². The van der Waals surface area contributed by atoms with Gasteiger partial charge in [0.1, 0.15) is 0 Å². The molecule has 0 N–H and O–H groups in total. The van der Waals surface area contributed by atoms with E-state index in [1.54, 1.807) is 0 Å². The van der Waals surface area contributed by atoms with Crippen LogP contribution in [0.5, 0.6) is 0 Å². The molecule has 2 aliphatic rings. The predicted molar refractivity (Wildman–Crippen MR) is 285 cm³/mol. The van der Waals surface area contributed by atoms with E-state index >= 15 is 0 Å². The zero-order valence-electron chi connectivity index (χ0n) is 38.6. The van der Waals surface area contributed by atoms with E-state index in [9.17, 15) is 0 Å². The zero-order valence-corrected chi connectivity index (χ0v) is 38.6. The van der Waals surface area contributed by atoms with E-state index in [0.29, 0.717) is 0 Å². The molecule has 8 aromatic heterocycles. The fourth-order valence-corrected chi connectivity index (χ4v) is 12.0. The summed E-state index contributed by atoms with van der Waals surface area (Å²) in [6, 6.07) is 42.5. The first kappa shape index (κ1) is 39.1. The van der Waals surface area contributed by atoms with Crippen LogP contribution in [0.3, 0.4) is 0 Å². The van der Waals surface area contributed by atoms with Gasteiger partial charge in [0.25, 0.3) is 0 Å². The minimum absolute atomic E-state index is 0.897. The Morgan fingerprint density at radius 3 is 1.63 bits per heavy atom. The number of hydrogen-bond donors (Lipinski definition) is 0. The van der Waals surface area contributed by atoms with Gasteiger partial charge in [-0.25, -0.2) is 0 Å². The number of aryl methyl sites for hydroxylation is 4. The number of benzene rings is 5. The first-order chi connectivity index (χ1) is 34.5. The summed E-state index contributed by atoms with van der Waals surface area (Å²) in [7, 11) is 0. The lowest BCUT2D eigenvalue weighted by atomic mass is 9.83. The topological polar surface area (TPSA) is 87.2 Å². The minimum Gasteiger partial charge on any atom is -0.311 e. The average Bonchev–Trinajstić information content (AvgIpc) is 3.90. The van der Waals surface area contributed by atoms with Crippen molar-refractivity contribution in [3.8, 4) is 33.6 Å². The van der Waals surface area contributed by atoms with Crippen LogP contribution in [-0.2, 0) is 19.3 Å². The number of fused-ring (bicyclic) bond motifs is 15. The van der Waals surface area contributed by atoms with Crippen LogP contribution in [0.4, 0.5) is 0 Å². The Bertz CT molecular complexity index is 4460. The summed E-state index contributed by atoms with van der Waals surface area (Å²) in [6.07, 6.45) is 21.5. The highest BCUT2D eigenvalue weighted by Gasteiger charge is 2.28. The summed E-state index contributed by atoms with van der Waals surface area (Å²) in [4.78, 5) is 28.6. The Morgan fingerprint density at radius 1 is 0.414 bits per heavy atom. The van der Waals surface area contributed by atoms with E-state index in [1.165, 1.54) is 83.0 Å². The van der Waals surface area contributed by atoms with Gasteiger partial charge in [0.2, 0.25) is 0 Å². The predicted octanol–water partition coefficient (Wildman–Crippen LogP) is 14.2. The quantitative estimate of drug-likeness (QED) is 0.164. The Balaban J connectivity index is 0.959. The van der Waals surface area contributed by atoms with Crippen molar-refractivity contribution >= 4 is 88.0 Å². The summed E-state index contributed by atoms with van der Waals surface area (Å²) >= 11 is 0. The molecule has 0 atom stereocenters. The summed E-state index contributed by atoms with van der Waals surface area (Å²) in [5, 5.41) is 8.16. The van der Waals surface area contributed by atoms with Gasteiger partial charge in [0.05, 0.1) is 62.4 Å². The van der Waals surface area contributed by atoms with Gasteiger partial charge in [-0.15, -0.1) is 0 Å². The fraction of sp³-hybridized carbons (Fsp3) is 0.0968. The van der Waals surface area contributed by atoms with E-state index in [4.69, 9.17) is 24.9 Å². The maximum atomic E-state index is 4.86. The van der Waals surface area contributed by atoms with Crippen molar-refractivity contribution in [3.63, 3.8) is 0 Å². The fourth-order valence-electron chi connectivity index (χ4n) is 12.0. The maximum absolute atomic E-state index is 4.86. The number of allylic oxidation sites excluding steroid dienone is 1. The molecule has 330 valence electrons. The van der Waals surface area contributed by atoms with Gasteiger partial charge in [-0.2, -0.15) is 0 Å². The monoisotopic (exact) mass is 898 g/mol. The molecule has 0 saturated heterocycles. The second kappa shape index (κ2) is 14.8. The summed E-state index contributed by atoms with van der Waals surface area (Å²) in [6.45, 7) is 4.38. The van der Waals surface area contributed by atoms with Crippen LogP contribution >= 0.6 is 0 Å². The van der Waals surface area contributed by atoms with E-state index < -0.39 is 0 Å². The SMILES string of the molecule is Cc1ccncc1-n1c2c(c3cc4c(cc31)-c1cc3c(cc1CC4)c1cc(-c4cc5cccnc5c5ncccc45)ccc1n3-c1cnccc1C)C=C(c1cc3cccnc3c3ncccc13)CC2. The van der Waals surface area contributed by atoms with Crippen LogP contribution in [0, 0.1) is 13.8 Å². The van der Waals surface area contributed by atoms with Crippen LogP contribution in [0.25, 0.3) is 122 Å². The highest BCUT2D eigenvalue weighted by Crippen LogP contribution is 2.47. The molecule has 0 spiro atoms. The molecule has 8 nitrogen and oxygen atoms in total. The molecule has 15 rings (SSSR count). The van der Waals surface area contributed by atoms with Crippen LogP contribution < -0.4 is 0 Å². The van der Waals surface area contributed by atoms with E-state index in [-0.39, 0.29) is 0 Å². The van der Waals surface area contributed by atoms with Gasteiger partial charge < -0.3 is 9.13 Å². The van der Waals surface area contributed by atoms with Crippen molar-refractivity contribution in [1.29, 1.82) is 0 Å². The Labute approximate surface area is 402 Å². The van der Waals surface area contributed by atoms with Gasteiger partial charge >= 0.3 is 0 Å². The van der Waals surface area contributed by atoms with Crippen molar-refractivity contribution in [2.45, 2.75) is 39.5 Å². The maximum Gasteiger partial charge on any atom is 0.0970 e. The van der Waals surface area contributed by atoms with Crippen LogP contribution in [0.1, 0.15) is 45.5 Å². The molecular formula is C62H42N8. The van der Waals surface area contributed by atoms with Crippen molar-refractivity contribution in [2.24, 2.45) is 0 Å². The normalized spacial score (nSPS) is 13.4. The highest BCUT2D eigenvalue weighted by atomic mass is 15.0. The molecule has 8 heteroatoms. The van der Waals surface area contributed by atoms with Crippen LogP contribution in [0.15, 0.2) is 165 Å². The Hall–Kier alpha value is -8.88. The number of aromatic nitrogens is 8. The lowest BCUT2D eigenvalue weighted by Crippen LogP contribution is -2.07. The highest BCUT2D eigenvalue weighted by molar-refractivity contribution is 6.16. The van der Waals surface area contributed by atoms with Crippen molar-refractivity contribution in [1.82, 2.24) is 39.0 Å². The van der Waals surface area contributed by atoms with Crippen molar-refractivity contribution < 1.29 is 0 Å². The molecule has 8 heterocycles. The van der Waals surface area contributed by atoms with Crippen LogP contribution in [-0.4, -0.2) is 39.0 Å². The largest absolute Gasteiger partial charge is 0.311 e. The molecule has 0 radical (unpaired) electrons. The zero-order chi connectivity index (χ0) is 46.2. The number of rotatable bonds is 4. The first-order valence-electron chi connectivity index (χ1n) is 24.1. The molecule has 0 bridgehead atoms. The second-order valence-electron chi connectivity index (χ2n) is 19.1. The molecular weight excluding hydrogens is 857 g/mol. The van der Waals surface area contributed by atoms with Gasteiger partial charge in [0.15, 0.2) is 0 Å². The van der Waals surface area contributed by atoms with E-state index in [1.807, 2.05) is 73.8 Å². The first-order valence-corrected chi connectivity index (χ1v) is 24.1. The third-order valence-corrected chi connectivity index (χ3v) is 15.3. The molecule has 0 amide bonds. The van der Waals surface area contributed by atoms with Gasteiger partial charge in [-0.3, -0.25) is 29.9 Å².